The molecule has 2 aromatic rings. The largest absolute Gasteiger partial charge is 0.508 e. The fourth-order valence-electron chi connectivity index (χ4n) is 2.27. The summed E-state index contributed by atoms with van der Waals surface area (Å²) in [5, 5.41) is 18.6. The van der Waals surface area contributed by atoms with E-state index >= 15 is 0 Å². The molecule has 0 aromatic heterocycles. The van der Waals surface area contributed by atoms with Gasteiger partial charge >= 0.3 is 0 Å². The van der Waals surface area contributed by atoms with E-state index in [2.05, 4.69) is 0 Å². The minimum atomic E-state index is -0.217. The maximum absolute atomic E-state index is 12.6. The second kappa shape index (κ2) is 6.24. The number of hydrogen-bond acceptors (Lipinski definition) is 3. The Labute approximate surface area is 118 Å². The van der Waals surface area contributed by atoms with Crippen LogP contribution in [0.4, 0.5) is 0 Å². The molecule has 0 heterocycles. The van der Waals surface area contributed by atoms with Crippen LogP contribution in [0.25, 0.3) is 0 Å². The van der Waals surface area contributed by atoms with Gasteiger partial charge in [-0.1, -0.05) is 25.5 Å². The first-order valence-electron chi connectivity index (χ1n) is 6.74. The molecule has 2 aromatic carbocycles. The minimum Gasteiger partial charge on any atom is -0.508 e. The van der Waals surface area contributed by atoms with Gasteiger partial charge in [0, 0.05) is 11.5 Å². The SMILES string of the molecule is CCCC(C(=O)c1ccc(O)cc1)c1ccc(O)cc1. The van der Waals surface area contributed by atoms with Crippen LogP contribution >= 0.6 is 0 Å². The summed E-state index contributed by atoms with van der Waals surface area (Å²) in [5.41, 5.74) is 1.50. The van der Waals surface area contributed by atoms with Gasteiger partial charge in [0.25, 0.3) is 0 Å². The van der Waals surface area contributed by atoms with Gasteiger partial charge in [-0.05, 0) is 48.4 Å². The normalized spacial score (nSPS) is 12.1. The Bertz CT molecular complexity index is 570. The molecule has 0 aliphatic rings. The number of carbonyl (C=O) groups excluding carboxylic acids is 1. The summed E-state index contributed by atoms with van der Waals surface area (Å²) in [7, 11) is 0. The summed E-state index contributed by atoms with van der Waals surface area (Å²) >= 11 is 0. The van der Waals surface area contributed by atoms with Gasteiger partial charge in [-0.25, -0.2) is 0 Å². The summed E-state index contributed by atoms with van der Waals surface area (Å²) < 4.78 is 0. The van der Waals surface area contributed by atoms with Gasteiger partial charge < -0.3 is 10.2 Å². The van der Waals surface area contributed by atoms with Gasteiger partial charge in [-0.15, -0.1) is 0 Å². The van der Waals surface area contributed by atoms with Gasteiger partial charge in [0.05, 0.1) is 0 Å². The highest BCUT2D eigenvalue weighted by Gasteiger charge is 2.21. The highest BCUT2D eigenvalue weighted by molar-refractivity contribution is 6.01. The molecular weight excluding hydrogens is 252 g/mol. The molecule has 0 fully saturated rings. The third kappa shape index (κ3) is 3.18. The fourth-order valence-corrected chi connectivity index (χ4v) is 2.27. The Morgan fingerprint density at radius 2 is 1.45 bits per heavy atom. The molecule has 3 heteroatoms. The van der Waals surface area contributed by atoms with E-state index in [-0.39, 0.29) is 23.2 Å². The van der Waals surface area contributed by atoms with Crippen LogP contribution in [0.15, 0.2) is 48.5 Å². The van der Waals surface area contributed by atoms with E-state index in [0.717, 1.165) is 18.4 Å². The number of phenols is 2. The predicted octanol–water partition coefficient (Wildman–Crippen LogP) is 3.86. The van der Waals surface area contributed by atoms with Crippen molar-refractivity contribution in [1.82, 2.24) is 0 Å². The molecule has 0 saturated carbocycles. The third-order valence-corrected chi connectivity index (χ3v) is 3.34. The first kappa shape index (κ1) is 14.1. The molecule has 104 valence electrons. The summed E-state index contributed by atoms with van der Waals surface area (Å²) in [6.45, 7) is 2.04. The summed E-state index contributed by atoms with van der Waals surface area (Å²) in [6.07, 6.45) is 1.65. The summed E-state index contributed by atoms with van der Waals surface area (Å²) in [4.78, 5) is 12.6. The smallest absolute Gasteiger partial charge is 0.170 e. The number of aromatic hydroxyl groups is 2. The number of rotatable bonds is 5. The molecule has 0 spiro atoms. The fraction of sp³-hybridized carbons (Fsp3) is 0.235. The van der Waals surface area contributed by atoms with E-state index in [9.17, 15) is 15.0 Å². The van der Waals surface area contributed by atoms with E-state index in [1.165, 1.54) is 12.1 Å². The average molecular weight is 270 g/mol. The van der Waals surface area contributed by atoms with E-state index in [1.807, 2.05) is 6.92 Å². The Kier molecular flexibility index (Phi) is 4.41. The van der Waals surface area contributed by atoms with Crippen LogP contribution in [0.2, 0.25) is 0 Å². The number of phenolic OH excluding ortho intramolecular Hbond substituents is 2. The maximum atomic E-state index is 12.6. The van der Waals surface area contributed by atoms with E-state index < -0.39 is 0 Å². The van der Waals surface area contributed by atoms with E-state index in [0.29, 0.717) is 5.56 Å². The van der Waals surface area contributed by atoms with Crippen LogP contribution in [-0.4, -0.2) is 16.0 Å². The average Bonchev–Trinajstić information content (AvgIpc) is 2.46. The zero-order chi connectivity index (χ0) is 14.5. The molecule has 0 aliphatic carbocycles. The summed E-state index contributed by atoms with van der Waals surface area (Å²) in [5.74, 6) is 0.169. The number of Topliss-reactive ketones (excluding diaryl/α,β-unsaturated/α-hetero) is 1. The van der Waals surface area contributed by atoms with Crippen molar-refractivity contribution in [1.29, 1.82) is 0 Å². The summed E-state index contributed by atoms with van der Waals surface area (Å²) in [6, 6.07) is 13.1. The molecule has 0 radical (unpaired) electrons. The van der Waals surface area contributed by atoms with Crippen LogP contribution < -0.4 is 0 Å². The topological polar surface area (TPSA) is 57.5 Å². The maximum Gasteiger partial charge on any atom is 0.170 e. The molecule has 3 nitrogen and oxygen atoms in total. The monoisotopic (exact) mass is 270 g/mol. The molecule has 0 saturated heterocycles. The Morgan fingerprint density at radius 3 is 1.95 bits per heavy atom. The predicted molar refractivity (Wildman–Crippen MR) is 78.2 cm³/mol. The number of ketones is 1. The first-order chi connectivity index (χ1) is 9.61. The number of benzene rings is 2. The highest BCUT2D eigenvalue weighted by Crippen LogP contribution is 2.27. The first-order valence-corrected chi connectivity index (χ1v) is 6.74. The lowest BCUT2D eigenvalue weighted by molar-refractivity contribution is 0.0954. The zero-order valence-corrected chi connectivity index (χ0v) is 11.4. The molecule has 1 atom stereocenters. The van der Waals surface area contributed by atoms with Crippen molar-refractivity contribution in [2.45, 2.75) is 25.7 Å². The van der Waals surface area contributed by atoms with Gasteiger partial charge in [0.2, 0.25) is 0 Å². The highest BCUT2D eigenvalue weighted by atomic mass is 16.3. The van der Waals surface area contributed by atoms with Crippen molar-refractivity contribution in [2.75, 3.05) is 0 Å². The molecule has 2 N–H and O–H groups in total. The molecule has 0 bridgehead atoms. The molecular formula is C17H18O3. The van der Waals surface area contributed by atoms with Gasteiger partial charge in [0.1, 0.15) is 11.5 Å². The zero-order valence-electron chi connectivity index (χ0n) is 11.4. The van der Waals surface area contributed by atoms with Crippen LogP contribution in [0, 0.1) is 0 Å². The lowest BCUT2D eigenvalue weighted by atomic mass is 9.87. The van der Waals surface area contributed by atoms with E-state index in [1.54, 1.807) is 36.4 Å². The Hall–Kier alpha value is -2.29. The molecule has 0 amide bonds. The second-order valence-corrected chi connectivity index (χ2v) is 4.84. The quantitative estimate of drug-likeness (QED) is 0.811. The van der Waals surface area contributed by atoms with Crippen LogP contribution in [0.1, 0.15) is 41.6 Å². The van der Waals surface area contributed by atoms with Crippen molar-refractivity contribution in [2.24, 2.45) is 0 Å². The van der Waals surface area contributed by atoms with Crippen molar-refractivity contribution in [3.05, 3.63) is 59.7 Å². The van der Waals surface area contributed by atoms with Gasteiger partial charge in [-0.3, -0.25) is 4.79 Å². The van der Waals surface area contributed by atoms with Crippen molar-refractivity contribution in [3.63, 3.8) is 0 Å². The number of carbonyl (C=O) groups is 1. The lowest BCUT2D eigenvalue weighted by Gasteiger charge is -2.15. The van der Waals surface area contributed by atoms with Crippen molar-refractivity contribution < 1.29 is 15.0 Å². The van der Waals surface area contributed by atoms with Crippen molar-refractivity contribution >= 4 is 5.78 Å². The van der Waals surface area contributed by atoms with Crippen LogP contribution in [0.3, 0.4) is 0 Å². The number of hydrogen-bond donors (Lipinski definition) is 2. The Balaban J connectivity index is 2.30. The van der Waals surface area contributed by atoms with Gasteiger partial charge in [0.15, 0.2) is 5.78 Å². The lowest BCUT2D eigenvalue weighted by Crippen LogP contribution is -2.12. The van der Waals surface area contributed by atoms with Gasteiger partial charge in [-0.2, -0.15) is 0 Å². The standard InChI is InChI=1S/C17H18O3/c1-2-3-16(12-4-8-14(18)9-5-12)17(20)13-6-10-15(19)11-7-13/h4-11,16,18-19H,2-3H2,1H3. The third-order valence-electron chi connectivity index (χ3n) is 3.34. The van der Waals surface area contributed by atoms with Crippen LogP contribution in [-0.2, 0) is 0 Å². The molecule has 2 rings (SSSR count). The Morgan fingerprint density at radius 1 is 0.950 bits per heavy atom. The van der Waals surface area contributed by atoms with Crippen LogP contribution in [0.5, 0.6) is 11.5 Å². The van der Waals surface area contributed by atoms with Crippen molar-refractivity contribution in [3.8, 4) is 11.5 Å². The molecule has 1 unspecified atom stereocenters. The molecule has 0 aliphatic heterocycles. The van der Waals surface area contributed by atoms with E-state index in [4.69, 9.17) is 0 Å². The molecule has 20 heavy (non-hydrogen) atoms. The minimum absolute atomic E-state index is 0.0394. The second-order valence-electron chi connectivity index (χ2n) is 4.84.